The highest BCUT2D eigenvalue weighted by Gasteiger charge is 1.94. The molecule has 0 aliphatic heterocycles. The molecular weight excluding hydrogens is 120 g/mol. The van der Waals surface area contributed by atoms with E-state index in [0.717, 1.165) is 0 Å². The van der Waals surface area contributed by atoms with E-state index in [1.54, 1.807) is 6.08 Å². The summed E-state index contributed by atoms with van der Waals surface area (Å²) in [4.78, 5) is 14.5. The number of nitrogens with one attached hydrogen (secondary N) is 1. The summed E-state index contributed by atoms with van der Waals surface area (Å²) < 4.78 is 0. The SMILES string of the molecule is C=CCNC(=O)CON. The molecule has 0 unspecified atom stereocenters. The van der Waals surface area contributed by atoms with Crippen LogP contribution < -0.4 is 11.2 Å². The van der Waals surface area contributed by atoms with Gasteiger partial charge in [-0.3, -0.25) is 9.63 Å². The predicted octanol–water partition coefficient (Wildman–Crippen LogP) is -0.821. The van der Waals surface area contributed by atoms with Gasteiger partial charge in [-0.1, -0.05) is 6.08 Å². The molecule has 52 valence electrons. The van der Waals surface area contributed by atoms with Crippen molar-refractivity contribution in [3.05, 3.63) is 12.7 Å². The van der Waals surface area contributed by atoms with E-state index in [9.17, 15) is 4.79 Å². The quantitative estimate of drug-likeness (QED) is 0.386. The molecule has 0 spiro atoms. The normalized spacial score (nSPS) is 8.56. The smallest absolute Gasteiger partial charge is 0.248 e. The Hall–Kier alpha value is -0.870. The van der Waals surface area contributed by atoms with Crippen LogP contribution in [0, 0.1) is 0 Å². The molecule has 3 N–H and O–H groups in total. The maximum atomic E-state index is 10.4. The molecule has 0 aliphatic rings. The van der Waals surface area contributed by atoms with Crippen LogP contribution in [0.5, 0.6) is 0 Å². The summed E-state index contributed by atoms with van der Waals surface area (Å²) >= 11 is 0. The van der Waals surface area contributed by atoms with Crippen molar-refractivity contribution in [3.8, 4) is 0 Å². The molecular formula is C5H10N2O2. The van der Waals surface area contributed by atoms with Gasteiger partial charge in [-0.2, -0.15) is 0 Å². The van der Waals surface area contributed by atoms with Crippen molar-refractivity contribution in [2.24, 2.45) is 5.90 Å². The Morgan fingerprint density at radius 1 is 1.89 bits per heavy atom. The molecule has 0 rings (SSSR count). The van der Waals surface area contributed by atoms with Crippen molar-refractivity contribution in [3.63, 3.8) is 0 Å². The van der Waals surface area contributed by atoms with Crippen LogP contribution in [0.2, 0.25) is 0 Å². The number of hydrogen-bond donors (Lipinski definition) is 2. The van der Waals surface area contributed by atoms with Crippen molar-refractivity contribution >= 4 is 5.91 Å². The minimum atomic E-state index is -0.239. The number of carbonyl (C=O) groups is 1. The molecule has 4 heteroatoms. The second kappa shape index (κ2) is 5.27. The van der Waals surface area contributed by atoms with Gasteiger partial charge in [-0.15, -0.1) is 6.58 Å². The van der Waals surface area contributed by atoms with Gasteiger partial charge in [-0.25, -0.2) is 5.90 Å². The molecule has 0 saturated heterocycles. The fraction of sp³-hybridized carbons (Fsp3) is 0.400. The summed E-state index contributed by atoms with van der Waals surface area (Å²) in [6, 6.07) is 0. The highest BCUT2D eigenvalue weighted by molar-refractivity contribution is 5.77. The van der Waals surface area contributed by atoms with Crippen LogP contribution in [0.4, 0.5) is 0 Å². The Morgan fingerprint density at radius 3 is 3.00 bits per heavy atom. The lowest BCUT2D eigenvalue weighted by atomic mass is 10.5. The maximum absolute atomic E-state index is 10.4. The van der Waals surface area contributed by atoms with Gasteiger partial charge in [-0.05, 0) is 0 Å². The van der Waals surface area contributed by atoms with Crippen LogP contribution in [0.3, 0.4) is 0 Å². The Bertz CT molecular complexity index is 103. The van der Waals surface area contributed by atoms with Gasteiger partial charge in [0.25, 0.3) is 0 Å². The van der Waals surface area contributed by atoms with Gasteiger partial charge >= 0.3 is 0 Å². The lowest BCUT2D eigenvalue weighted by molar-refractivity contribution is -0.125. The third-order valence-corrected chi connectivity index (χ3v) is 0.658. The van der Waals surface area contributed by atoms with Crippen molar-refractivity contribution in [2.75, 3.05) is 13.2 Å². The van der Waals surface area contributed by atoms with Crippen molar-refractivity contribution in [2.45, 2.75) is 0 Å². The van der Waals surface area contributed by atoms with Crippen molar-refractivity contribution in [1.82, 2.24) is 5.32 Å². The molecule has 0 bridgehead atoms. The molecule has 0 aromatic heterocycles. The first-order valence-corrected chi connectivity index (χ1v) is 2.50. The van der Waals surface area contributed by atoms with Gasteiger partial charge in [0, 0.05) is 6.54 Å². The van der Waals surface area contributed by atoms with Crippen LogP contribution in [0.1, 0.15) is 0 Å². The number of amides is 1. The van der Waals surface area contributed by atoms with E-state index in [0.29, 0.717) is 6.54 Å². The second-order valence-electron chi connectivity index (χ2n) is 1.40. The summed E-state index contributed by atoms with van der Waals surface area (Å²) in [7, 11) is 0. The molecule has 1 amide bonds. The summed E-state index contributed by atoms with van der Waals surface area (Å²) in [5.41, 5.74) is 0. The van der Waals surface area contributed by atoms with E-state index in [2.05, 4.69) is 22.6 Å². The highest BCUT2D eigenvalue weighted by Crippen LogP contribution is 1.65. The molecule has 0 aromatic rings. The van der Waals surface area contributed by atoms with E-state index in [4.69, 9.17) is 0 Å². The molecule has 4 nitrogen and oxygen atoms in total. The minimum absolute atomic E-state index is 0.103. The predicted molar refractivity (Wildman–Crippen MR) is 33.3 cm³/mol. The Labute approximate surface area is 53.6 Å². The fourth-order valence-electron chi connectivity index (χ4n) is 0.313. The molecule has 0 atom stereocenters. The molecule has 0 aliphatic carbocycles. The summed E-state index contributed by atoms with van der Waals surface area (Å²) in [5, 5.41) is 2.47. The van der Waals surface area contributed by atoms with Crippen LogP contribution in [0.15, 0.2) is 12.7 Å². The minimum Gasteiger partial charge on any atom is -0.351 e. The molecule has 0 radical (unpaired) electrons. The van der Waals surface area contributed by atoms with Crippen LogP contribution >= 0.6 is 0 Å². The van der Waals surface area contributed by atoms with Crippen LogP contribution in [-0.4, -0.2) is 19.1 Å². The average Bonchev–Trinajstić information content (AvgIpc) is 1.85. The monoisotopic (exact) mass is 130 g/mol. The number of rotatable bonds is 4. The van der Waals surface area contributed by atoms with Crippen molar-refractivity contribution in [1.29, 1.82) is 0 Å². The maximum Gasteiger partial charge on any atom is 0.248 e. The largest absolute Gasteiger partial charge is 0.351 e. The Kier molecular flexibility index (Phi) is 4.76. The van der Waals surface area contributed by atoms with Gasteiger partial charge in [0.1, 0.15) is 6.61 Å². The first-order valence-electron chi connectivity index (χ1n) is 2.50. The molecule has 0 saturated carbocycles. The van der Waals surface area contributed by atoms with E-state index >= 15 is 0 Å². The second-order valence-corrected chi connectivity index (χ2v) is 1.40. The van der Waals surface area contributed by atoms with Crippen molar-refractivity contribution < 1.29 is 9.63 Å². The summed E-state index contributed by atoms with van der Waals surface area (Å²) in [5.74, 6) is 4.38. The van der Waals surface area contributed by atoms with Gasteiger partial charge in [0.15, 0.2) is 0 Å². The van der Waals surface area contributed by atoms with Gasteiger partial charge < -0.3 is 5.32 Å². The first kappa shape index (κ1) is 8.13. The third-order valence-electron chi connectivity index (χ3n) is 0.658. The molecule has 0 aromatic carbocycles. The van der Waals surface area contributed by atoms with E-state index in [1.165, 1.54) is 0 Å². The van der Waals surface area contributed by atoms with E-state index in [1.807, 2.05) is 0 Å². The average molecular weight is 130 g/mol. The zero-order valence-electron chi connectivity index (χ0n) is 5.09. The van der Waals surface area contributed by atoms with Crippen LogP contribution in [0.25, 0.3) is 0 Å². The number of carbonyl (C=O) groups excluding carboxylic acids is 1. The van der Waals surface area contributed by atoms with E-state index in [-0.39, 0.29) is 12.5 Å². The third kappa shape index (κ3) is 4.99. The zero-order chi connectivity index (χ0) is 7.11. The zero-order valence-corrected chi connectivity index (χ0v) is 5.09. The lowest BCUT2D eigenvalue weighted by Gasteiger charge is -1.97. The van der Waals surface area contributed by atoms with Gasteiger partial charge in [0.2, 0.25) is 5.91 Å². The number of hydrogen-bond acceptors (Lipinski definition) is 3. The lowest BCUT2D eigenvalue weighted by Crippen LogP contribution is -2.28. The first-order chi connectivity index (χ1) is 4.31. The Morgan fingerprint density at radius 2 is 2.56 bits per heavy atom. The topological polar surface area (TPSA) is 64.3 Å². The fourth-order valence-corrected chi connectivity index (χ4v) is 0.313. The molecule has 0 heterocycles. The van der Waals surface area contributed by atoms with Crippen LogP contribution in [-0.2, 0) is 9.63 Å². The molecule has 0 fully saturated rings. The number of nitrogens with two attached hydrogens (primary N) is 1. The van der Waals surface area contributed by atoms with Gasteiger partial charge in [0.05, 0.1) is 0 Å². The summed E-state index contributed by atoms with van der Waals surface area (Å²) in [6.07, 6.45) is 1.58. The standard InChI is InChI=1S/C5H10N2O2/c1-2-3-7-5(8)4-9-6/h2H,1,3-4,6H2,(H,7,8). The van der Waals surface area contributed by atoms with E-state index < -0.39 is 0 Å². The summed E-state index contributed by atoms with van der Waals surface area (Å²) in [6.45, 7) is 3.75. The molecule has 9 heavy (non-hydrogen) atoms. The Balaban J connectivity index is 3.16. The highest BCUT2D eigenvalue weighted by atomic mass is 16.6.